The predicted molar refractivity (Wildman–Crippen MR) is 72.0 cm³/mol. The third-order valence-electron chi connectivity index (χ3n) is 3.65. The maximum absolute atomic E-state index is 13.5. The summed E-state index contributed by atoms with van der Waals surface area (Å²) in [5, 5.41) is 0. The van der Waals surface area contributed by atoms with E-state index in [2.05, 4.69) is 0 Å². The van der Waals surface area contributed by atoms with Gasteiger partial charge in [-0.25, -0.2) is 4.39 Å². The van der Waals surface area contributed by atoms with Gasteiger partial charge in [-0.1, -0.05) is 25.3 Å². The summed E-state index contributed by atoms with van der Waals surface area (Å²) in [5.41, 5.74) is 4.82. The Morgan fingerprint density at radius 3 is 2.60 bits per heavy atom. The van der Waals surface area contributed by atoms with E-state index in [-0.39, 0.29) is 29.6 Å². The van der Waals surface area contributed by atoms with Crippen molar-refractivity contribution in [3.8, 4) is 5.75 Å². The number of nitrogens with two attached hydrogens (primary N) is 1. The highest BCUT2D eigenvalue weighted by Gasteiger charge is 2.22. The van der Waals surface area contributed by atoms with E-state index < -0.39 is 11.7 Å². The molecular weight excluding hydrogens is 261 g/mol. The highest BCUT2D eigenvalue weighted by molar-refractivity contribution is 5.96. The number of ether oxygens (including phenoxy) is 1. The number of hydrogen-bond acceptors (Lipinski definition) is 3. The van der Waals surface area contributed by atoms with Gasteiger partial charge in [-0.2, -0.15) is 0 Å². The summed E-state index contributed by atoms with van der Waals surface area (Å²) in [5.74, 6) is -1.58. The van der Waals surface area contributed by atoms with Crippen LogP contribution >= 0.6 is 0 Å². The maximum atomic E-state index is 13.5. The molecule has 0 atom stereocenters. The van der Waals surface area contributed by atoms with Gasteiger partial charge in [0.2, 0.25) is 0 Å². The van der Waals surface area contributed by atoms with E-state index in [4.69, 9.17) is 10.5 Å². The van der Waals surface area contributed by atoms with Crippen molar-refractivity contribution in [3.05, 3.63) is 29.6 Å². The molecule has 0 spiro atoms. The van der Waals surface area contributed by atoms with Gasteiger partial charge < -0.3 is 10.5 Å². The van der Waals surface area contributed by atoms with Crippen LogP contribution in [-0.2, 0) is 4.79 Å². The van der Waals surface area contributed by atoms with Crippen molar-refractivity contribution in [1.29, 1.82) is 0 Å². The first-order valence-electron chi connectivity index (χ1n) is 6.83. The number of carbonyl (C=O) groups excluding carboxylic acids is 2. The van der Waals surface area contributed by atoms with E-state index in [1.165, 1.54) is 18.6 Å². The molecule has 1 aliphatic carbocycles. The lowest BCUT2D eigenvalue weighted by Crippen LogP contribution is -2.24. The third-order valence-corrected chi connectivity index (χ3v) is 3.65. The summed E-state index contributed by atoms with van der Waals surface area (Å²) in [6.07, 6.45) is 5.05. The second-order valence-corrected chi connectivity index (χ2v) is 5.07. The first-order valence-corrected chi connectivity index (χ1v) is 6.83. The van der Waals surface area contributed by atoms with E-state index in [0.717, 1.165) is 31.7 Å². The molecule has 0 unspecified atom stereocenters. The Hall–Kier alpha value is -1.91. The van der Waals surface area contributed by atoms with Gasteiger partial charge >= 0.3 is 0 Å². The van der Waals surface area contributed by atoms with Crippen LogP contribution in [0.4, 0.5) is 4.39 Å². The number of ketones is 1. The Bertz CT molecular complexity index is 510. The van der Waals surface area contributed by atoms with E-state index in [1.807, 2.05) is 0 Å². The topological polar surface area (TPSA) is 69.4 Å². The van der Waals surface area contributed by atoms with E-state index >= 15 is 0 Å². The number of benzene rings is 1. The van der Waals surface area contributed by atoms with Gasteiger partial charge in [0.1, 0.15) is 23.7 Å². The molecule has 0 aliphatic heterocycles. The third kappa shape index (κ3) is 3.35. The van der Waals surface area contributed by atoms with Crippen molar-refractivity contribution < 1.29 is 18.7 Å². The zero-order chi connectivity index (χ0) is 14.5. The Labute approximate surface area is 117 Å². The van der Waals surface area contributed by atoms with Gasteiger partial charge in [0.25, 0.3) is 5.91 Å². The Balaban J connectivity index is 2.02. The smallest absolute Gasteiger partial charge is 0.255 e. The molecule has 1 aliphatic rings. The van der Waals surface area contributed by atoms with Gasteiger partial charge in [0.15, 0.2) is 5.78 Å². The Kier molecular flexibility index (Phi) is 4.71. The van der Waals surface area contributed by atoms with Crippen molar-refractivity contribution in [2.24, 2.45) is 11.7 Å². The minimum Gasteiger partial charge on any atom is -0.485 e. The van der Waals surface area contributed by atoms with Crippen molar-refractivity contribution >= 4 is 11.7 Å². The van der Waals surface area contributed by atoms with Crippen LogP contribution in [0.2, 0.25) is 0 Å². The maximum Gasteiger partial charge on any atom is 0.255 e. The molecule has 1 fully saturated rings. The molecule has 20 heavy (non-hydrogen) atoms. The quantitative estimate of drug-likeness (QED) is 0.900. The summed E-state index contributed by atoms with van der Waals surface area (Å²) in [6, 6.07) is 4.00. The van der Waals surface area contributed by atoms with E-state index in [0.29, 0.717) is 0 Å². The van der Waals surface area contributed by atoms with Gasteiger partial charge in [-0.3, -0.25) is 9.59 Å². The summed E-state index contributed by atoms with van der Waals surface area (Å²) >= 11 is 0. The fourth-order valence-corrected chi connectivity index (χ4v) is 2.56. The first kappa shape index (κ1) is 14.5. The molecule has 0 bridgehead atoms. The molecule has 0 heterocycles. The molecular formula is C15H18FNO3. The normalized spacial score (nSPS) is 15.8. The number of carbonyl (C=O) groups is 2. The molecule has 5 heteroatoms. The SMILES string of the molecule is NC(=O)c1c(F)cccc1OCC(=O)C1CCCCC1. The molecule has 0 radical (unpaired) electrons. The molecule has 2 rings (SSSR count). The molecule has 1 saturated carbocycles. The molecule has 0 aromatic heterocycles. The minimum absolute atomic E-state index is 0.00406. The zero-order valence-corrected chi connectivity index (χ0v) is 11.2. The van der Waals surface area contributed by atoms with Crippen molar-refractivity contribution in [2.45, 2.75) is 32.1 Å². The lowest BCUT2D eigenvalue weighted by Gasteiger charge is -2.20. The second kappa shape index (κ2) is 6.50. The zero-order valence-electron chi connectivity index (χ0n) is 11.2. The number of amides is 1. The molecule has 1 amide bonds. The average molecular weight is 279 g/mol. The van der Waals surface area contributed by atoms with Crippen molar-refractivity contribution in [2.75, 3.05) is 6.61 Å². The number of halogens is 1. The summed E-state index contributed by atoms with van der Waals surface area (Å²) in [4.78, 5) is 23.2. The van der Waals surface area contributed by atoms with Gasteiger partial charge in [0.05, 0.1) is 0 Å². The van der Waals surface area contributed by atoms with Crippen LogP contribution in [0.15, 0.2) is 18.2 Å². The van der Waals surface area contributed by atoms with Crippen LogP contribution in [0, 0.1) is 11.7 Å². The Morgan fingerprint density at radius 2 is 1.95 bits per heavy atom. The summed E-state index contributed by atoms with van der Waals surface area (Å²) in [7, 11) is 0. The fourth-order valence-electron chi connectivity index (χ4n) is 2.56. The van der Waals surface area contributed by atoms with Crippen LogP contribution in [0.1, 0.15) is 42.5 Å². The molecule has 1 aromatic carbocycles. The highest BCUT2D eigenvalue weighted by Crippen LogP contribution is 2.25. The average Bonchev–Trinajstić information content (AvgIpc) is 2.45. The van der Waals surface area contributed by atoms with Gasteiger partial charge in [0, 0.05) is 5.92 Å². The number of primary amides is 1. The van der Waals surface area contributed by atoms with Crippen LogP contribution < -0.4 is 10.5 Å². The molecule has 0 saturated heterocycles. The second-order valence-electron chi connectivity index (χ2n) is 5.07. The van der Waals surface area contributed by atoms with Crippen LogP contribution in [0.3, 0.4) is 0 Å². The van der Waals surface area contributed by atoms with Gasteiger partial charge in [-0.15, -0.1) is 0 Å². The van der Waals surface area contributed by atoms with Gasteiger partial charge in [-0.05, 0) is 25.0 Å². The molecule has 108 valence electrons. The number of rotatable bonds is 5. The number of Topliss-reactive ketones (excluding diaryl/α,β-unsaturated/α-hetero) is 1. The van der Waals surface area contributed by atoms with E-state index in [1.54, 1.807) is 0 Å². The molecule has 4 nitrogen and oxygen atoms in total. The van der Waals surface area contributed by atoms with E-state index in [9.17, 15) is 14.0 Å². The molecule has 2 N–H and O–H groups in total. The summed E-state index contributed by atoms with van der Waals surface area (Å²) < 4.78 is 18.8. The fraction of sp³-hybridized carbons (Fsp3) is 0.467. The van der Waals surface area contributed by atoms with Crippen LogP contribution in [0.5, 0.6) is 5.75 Å². The Morgan fingerprint density at radius 1 is 1.25 bits per heavy atom. The minimum atomic E-state index is -0.900. The largest absolute Gasteiger partial charge is 0.485 e. The number of hydrogen-bond donors (Lipinski definition) is 1. The van der Waals surface area contributed by atoms with Crippen LogP contribution in [-0.4, -0.2) is 18.3 Å². The van der Waals surface area contributed by atoms with Crippen LogP contribution in [0.25, 0.3) is 0 Å². The standard InChI is InChI=1S/C15H18FNO3/c16-11-7-4-8-13(14(11)15(17)19)20-9-12(18)10-5-2-1-3-6-10/h4,7-8,10H,1-3,5-6,9H2,(H2,17,19). The predicted octanol–water partition coefficient (Wildman–Crippen LogP) is 2.45. The lowest BCUT2D eigenvalue weighted by molar-refractivity contribution is -0.125. The monoisotopic (exact) mass is 279 g/mol. The lowest BCUT2D eigenvalue weighted by atomic mass is 9.86. The first-order chi connectivity index (χ1) is 9.59. The van der Waals surface area contributed by atoms with Crippen molar-refractivity contribution in [3.63, 3.8) is 0 Å². The highest BCUT2D eigenvalue weighted by atomic mass is 19.1. The summed E-state index contributed by atoms with van der Waals surface area (Å²) in [6.45, 7) is -0.144. The van der Waals surface area contributed by atoms with Crippen molar-refractivity contribution in [1.82, 2.24) is 0 Å². The molecule has 1 aromatic rings.